The second-order valence-corrected chi connectivity index (χ2v) is 9.06. The Balaban J connectivity index is 0.000000330. The van der Waals surface area contributed by atoms with Crippen molar-refractivity contribution >= 4 is 12.2 Å². The molecule has 0 saturated heterocycles. The van der Waals surface area contributed by atoms with Gasteiger partial charge in [-0.1, -0.05) is 52.0 Å². The number of hydrogen-bond donors (Lipinski definition) is 0. The van der Waals surface area contributed by atoms with E-state index in [1.54, 1.807) is 31.3 Å². The lowest BCUT2D eigenvalue weighted by molar-refractivity contribution is -0.169. The number of nitrogens with zero attached hydrogens (tertiary/aromatic N) is 1. The number of rotatable bonds is 9. The SMILES string of the molecule is CC(C)(CCC=O)c1ccc(F)cc1.CON(C)C(=O)CCC(C)(C)c1ccc(F)cc1. The molecule has 32 heavy (non-hydrogen) atoms. The Morgan fingerprint density at radius 2 is 1.28 bits per heavy atom. The third kappa shape index (κ3) is 8.87. The lowest BCUT2D eigenvalue weighted by Crippen LogP contribution is -2.27. The summed E-state index contributed by atoms with van der Waals surface area (Å²) in [6, 6.07) is 12.9. The fourth-order valence-electron chi connectivity index (χ4n) is 3.19. The van der Waals surface area contributed by atoms with Crippen molar-refractivity contribution in [3.8, 4) is 0 Å². The van der Waals surface area contributed by atoms with Gasteiger partial charge < -0.3 is 4.79 Å². The third-order valence-corrected chi connectivity index (χ3v) is 5.73. The van der Waals surface area contributed by atoms with E-state index in [0.29, 0.717) is 19.3 Å². The summed E-state index contributed by atoms with van der Waals surface area (Å²) < 4.78 is 25.5. The zero-order valence-corrected chi connectivity index (χ0v) is 20.0. The number of hydroxylamine groups is 2. The summed E-state index contributed by atoms with van der Waals surface area (Å²) in [5.41, 5.74) is 1.87. The first-order valence-corrected chi connectivity index (χ1v) is 10.7. The van der Waals surface area contributed by atoms with E-state index in [0.717, 1.165) is 23.8 Å². The molecule has 0 N–H and O–H groups in total. The van der Waals surface area contributed by atoms with Crippen LogP contribution >= 0.6 is 0 Å². The molecule has 2 aromatic rings. The van der Waals surface area contributed by atoms with E-state index in [1.165, 1.54) is 36.4 Å². The van der Waals surface area contributed by atoms with Crippen molar-refractivity contribution in [3.05, 3.63) is 71.3 Å². The summed E-state index contributed by atoms with van der Waals surface area (Å²) in [6.45, 7) is 8.20. The molecule has 0 unspecified atom stereocenters. The maximum Gasteiger partial charge on any atom is 0.245 e. The Morgan fingerprint density at radius 1 is 0.875 bits per heavy atom. The summed E-state index contributed by atoms with van der Waals surface area (Å²) >= 11 is 0. The van der Waals surface area contributed by atoms with Gasteiger partial charge in [-0.05, 0) is 59.1 Å². The molecule has 2 aromatic carbocycles. The quantitative estimate of drug-likeness (QED) is 0.351. The third-order valence-electron chi connectivity index (χ3n) is 5.73. The van der Waals surface area contributed by atoms with Gasteiger partial charge in [0.15, 0.2) is 0 Å². The lowest BCUT2D eigenvalue weighted by atomic mass is 9.80. The summed E-state index contributed by atoms with van der Waals surface area (Å²) in [6.07, 6.45) is 3.34. The summed E-state index contributed by atoms with van der Waals surface area (Å²) in [4.78, 5) is 26.8. The maximum absolute atomic E-state index is 12.9. The van der Waals surface area contributed by atoms with Crippen molar-refractivity contribution in [2.75, 3.05) is 14.2 Å². The highest BCUT2D eigenvalue weighted by Crippen LogP contribution is 2.29. The van der Waals surface area contributed by atoms with Crippen molar-refractivity contribution in [3.63, 3.8) is 0 Å². The molecule has 0 atom stereocenters. The Morgan fingerprint density at radius 3 is 1.66 bits per heavy atom. The summed E-state index contributed by atoms with van der Waals surface area (Å²) in [5.74, 6) is -0.530. The van der Waals surface area contributed by atoms with Crippen LogP contribution in [0.5, 0.6) is 0 Å². The zero-order valence-electron chi connectivity index (χ0n) is 20.0. The number of amides is 1. The fourth-order valence-corrected chi connectivity index (χ4v) is 3.19. The van der Waals surface area contributed by atoms with Crippen LogP contribution in [0.2, 0.25) is 0 Å². The fraction of sp³-hybridized carbons (Fsp3) is 0.462. The number of carbonyl (C=O) groups is 2. The number of benzene rings is 2. The van der Waals surface area contributed by atoms with Crippen LogP contribution in [0.3, 0.4) is 0 Å². The minimum absolute atomic E-state index is 0.0609. The molecule has 0 heterocycles. The number of hydrogen-bond acceptors (Lipinski definition) is 3. The highest BCUT2D eigenvalue weighted by Gasteiger charge is 2.23. The van der Waals surface area contributed by atoms with E-state index in [9.17, 15) is 18.4 Å². The van der Waals surface area contributed by atoms with Crippen LogP contribution < -0.4 is 0 Å². The number of carbonyl (C=O) groups excluding carboxylic acids is 2. The van der Waals surface area contributed by atoms with Crippen molar-refractivity contribution in [1.82, 2.24) is 5.06 Å². The van der Waals surface area contributed by atoms with Crippen molar-refractivity contribution in [1.29, 1.82) is 0 Å². The van der Waals surface area contributed by atoms with Crippen LogP contribution in [-0.2, 0) is 25.3 Å². The molecule has 2 rings (SSSR count). The van der Waals surface area contributed by atoms with Crippen LogP contribution in [0.4, 0.5) is 8.78 Å². The van der Waals surface area contributed by atoms with Gasteiger partial charge in [0.2, 0.25) is 5.91 Å². The molecule has 0 aliphatic heterocycles. The first kappa shape index (κ1) is 27.4. The second kappa shape index (κ2) is 12.4. The van der Waals surface area contributed by atoms with Crippen molar-refractivity contribution in [2.24, 2.45) is 0 Å². The Labute approximate surface area is 190 Å². The molecular formula is C26H35F2NO3. The Bertz CT molecular complexity index is 846. The van der Waals surface area contributed by atoms with Crippen LogP contribution in [0, 0.1) is 11.6 Å². The average molecular weight is 448 g/mol. The van der Waals surface area contributed by atoms with Gasteiger partial charge in [0.25, 0.3) is 0 Å². The minimum Gasteiger partial charge on any atom is -0.303 e. The zero-order chi connectivity index (χ0) is 24.4. The van der Waals surface area contributed by atoms with E-state index >= 15 is 0 Å². The highest BCUT2D eigenvalue weighted by atomic mass is 19.1. The first-order chi connectivity index (χ1) is 14.9. The average Bonchev–Trinajstić information content (AvgIpc) is 2.76. The smallest absolute Gasteiger partial charge is 0.245 e. The van der Waals surface area contributed by atoms with Gasteiger partial charge in [-0.2, -0.15) is 0 Å². The highest BCUT2D eigenvalue weighted by molar-refractivity contribution is 5.74. The van der Waals surface area contributed by atoms with Gasteiger partial charge in [-0.25, -0.2) is 13.8 Å². The van der Waals surface area contributed by atoms with E-state index < -0.39 is 0 Å². The molecule has 0 aliphatic carbocycles. The Kier molecular flexibility index (Phi) is 10.7. The van der Waals surface area contributed by atoms with Crippen LogP contribution in [0.1, 0.15) is 64.5 Å². The van der Waals surface area contributed by atoms with Gasteiger partial charge in [0.05, 0.1) is 7.11 Å². The van der Waals surface area contributed by atoms with E-state index in [-0.39, 0.29) is 28.4 Å². The monoisotopic (exact) mass is 447 g/mol. The van der Waals surface area contributed by atoms with Gasteiger partial charge in [0.1, 0.15) is 17.9 Å². The van der Waals surface area contributed by atoms with Crippen LogP contribution in [-0.4, -0.2) is 31.4 Å². The Hall–Kier alpha value is -2.60. The maximum atomic E-state index is 12.9. The molecule has 0 aliphatic rings. The molecule has 0 bridgehead atoms. The predicted molar refractivity (Wildman–Crippen MR) is 123 cm³/mol. The van der Waals surface area contributed by atoms with Gasteiger partial charge in [-0.3, -0.25) is 9.63 Å². The first-order valence-electron chi connectivity index (χ1n) is 10.7. The molecule has 0 radical (unpaired) electrons. The van der Waals surface area contributed by atoms with Gasteiger partial charge in [0, 0.05) is 19.9 Å². The molecular weight excluding hydrogens is 412 g/mol. The van der Waals surface area contributed by atoms with E-state index in [4.69, 9.17) is 4.84 Å². The number of aldehydes is 1. The summed E-state index contributed by atoms with van der Waals surface area (Å²) in [5, 5.41) is 1.22. The summed E-state index contributed by atoms with van der Waals surface area (Å²) in [7, 11) is 3.05. The largest absolute Gasteiger partial charge is 0.303 e. The van der Waals surface area contributed by atoms with Gasteiger partial charge >= 0.3 is 0 Å². The lowest BCUT2D eigenvalue weighted by Gasteiger charge is -2.26. The topological polar surface area (TPSA) is 46.6 Å². The normalized spacial score (nSPS) is 11.4. The predicted octanol–water partition coefficient (Wildman–Crippen LogP) is 5.99. The molecule has 4 nitrogen and oxygen atoms in total. The van der Waals surface area contributed by atoms with Crippen molar-refractivity contribution in [2.45, 2.75) is 64.2 Å². The molecule has 0 aromatic heterocycles. The van der Waals surface area contributed by atoms with E-state index in [2.05, 4.69) is 13.8 Å². The molecule has 176 valence electrons. The molecule has 0 saturated carbocycles. The second-order valence-electron chi connectivity index (χ2n) is 9.06. The number of halogens is 2. The van der Waals surface area contributed by atoms with Crippen LogP contribution in [0.15, 0.2) is 48.5 Å². The van der Waals surface area contributed by atoms with Crippen molar-refractivity contribution < 1.29 is 23.2 Å². The molecule has 0 fully saturated rings. The van der Waals surface area contributed by atoms with Crippen LogP contribution in [0.25, 0.3) is 0 Å². The van der Waals surface area contributed by atoms with Gasteiger partial charge in [-0.15, -0.1) is 0 Å². The molecule has 0 spiro atoms. The van der Waals surface area contributed by atoms with E-state index in [1.807, 2.05) is 13.8 Å². The standard InChI is InChI=1S/C14H20FNO2.C12H15FO/c1-14(2,10-9-13(17)16(3)18-4)11-5-7-12(15)8-6-11;1-12(2,8-3-9-14)10-4-6-11(13)7-5-10/h5-8H,9-10H2,1-4H3;4-7,9H,3,8H2,1-2H3. The minimum atomic E-state index is -0.246. The molecule has 1 amide bonds. The molecule has 6 heteroatoms.